The lowest BCUT2D eigenvalue weighted by Gasteiger charge is -2.34. The Morgan fingerprint density at radius 2 is 1.84 bits per heavy atom. The van der Waals surface area contributed by atoms with Crippen LogP contribution in [0.4, 0.5) is 5.69 Å². The zero-order valence-electron chi connectivity index (χ0n) is 15.4. The molecule has 1 aliphatic heterocycles. The molecule has 0 unspecified atom stereocenters. The highest BCUT2D eigenvalue weighted by Crippen LogP contribution is 2.27. The maximum absolute atomic E-state index is 12.7. The van der Waals surface area contributed by atoms with Crippen molar-refractivity contribution >= 4 is 22.6 Å². The van der Waals surface area contributed by atoms with E-state index in [0.29, 0.717) is 11.6 Å². The van der Waals surface area contributed by atoms with E-state index in [-0.39, 0.29) is 17.5 Å². The van der Waals surface area contributed by atoms with Crippen LogP contribution < -0.4 is 10.9 Å². The van der Waals surface area contributed by atoms with E-state index in [4.69, 9.17) is 4.42 Å². The molecule has 1 saturated heterocycles. The zero-order valence-corrected chi connectivity index (χ0v) is 15.4. The molecule has 1 aromatic carbocycles. The monoisotopic (exact) mass is 342 g/mol. The first kappa shape index (κ1) is 17.7. The van der Waals surface area contributed by atoms with Crippen molar-refractivity contribution in [2.45, 2.75) is 46.6 Å². The average molecular weight is 342 g/mol. The van der Waals surface area contributed by atoms with Gasteiger partial charge in [0, 0.05) is 29.1 Å². The molecule has 1 amide bonds. The summed E-state index contributed by atoms with van der Waals surface area (Å²) >= 11 is 0. The minimum atomic E-state index is -0.349. The minimum Gasteiger partial charge on any atom is -0.423 e. The number of rotatable bonds is 3. The highest BCUT2D eigenvalue weighted by Gasteiger charge is 2.26. The van der Waals surface area contributed by atoms with E-state index in [9.17, 15) is 9.59 Å². The number of carbonyl (C=O) groups is 1. The minimum absolute atomic E-state index is 0.0555. The van der Waals surface area contributed by atoms with Gasteiger partial charge in [0.15, 0.2) is 0 Å². The average Bonchev–Trinajstić information content (AvgIpc) is 2.56. The van der Waals surface area contributed by atoms with Gasteiger partial charge >= 0.3 is 5.63 Å². The molecule has 134 valence electrons. The topological polar surface area (TPSA) is 62.6 Å². The van der Waals surface area contributed by atoms with E-state index in [1.54, 1.807) is 0 Å². The number of piperidine rings is 1. The maximum Gasteiger partial charge on any atom is 0.336 e. The lowest BCUT2D eigenvalue weighted by molar-refractivity contribution is -0.121. The first-order chi connectivity index (χ1) is 11.8. The van der Waals surface area contributed by atoms with Gasteiger partial charge in [-0.25, -0.2) is 4.79 Å². The number of carbonyl (C=O) groups excluding carboxylic acids is 1. The van der Waals surface area contributed by atoms with Crippen LogP contribution in [-0.2, 0) is 4.79 Å². The number of benzene rings is 1. The van der Waals surface area contributed by atoms with Crippen LogP contribution in [0, 0.1) is 19.8 Å². The Morgan fingerprint density at radius 3 is 2.48 bits per heavy atom. The van der Waals surface area contributed by atoms with Crippen molar-refractivity contribution in [2.75, 3.05) is 18.4 Å². The molecule has 2 heterocycles. The van der Waals surface area contributed by atoms with E-state index in [1.165, 1.54) is 6.07 Å². The summed E-state index contributed by atoms with van der Waals surface area (Å²) in [5.41, 5.74) is 2.76. The highest BCUT2D eigenvalue weighted by atomic mass is 16.4. The van der Waals surface area contributed by atoms with Gasteiger partial charge in [-0.15, -0.1) is 0 Å². The predicted octanol–water partition coefficient (Wildman–Crippen LogP) is 3.47. The van der Waals surface area contributed by atoms with Gasteiger partial charge in [0.2, 0.25) is 5.91 Å². The fraction of sp³-hybridized carbons (Fsp3) is 0.500. The number of hydrogen-bond donors (Lipinski definition) is 1. The molecule has 0 spiro atoms. The van der Waals surface area contributed by atoms with Gasteiger partial charge in [-0.1, -0.05) is 0 Å². The van der Waals surface area contributed by atoms with Crippen LogP contribution in [0.1, 0.15) is 37.8 Å². The summed E-state index contributed by atoms with van der Waals surface area (Å²) in [6.07, 6.45) is 1.79. The van der Waals surface area contributed by atoms with Gasteiger partial charge in [-0.3, -0.25) is 4.79 Å². The summed E-state index contributed by atoms with van der Waals surface area (Å²) in [6, 6.07) is 5.74. The third kappa shape index (κ3) is 3.76. The Hall–Kier alpha value is -2.14. The molecule has 0 aliphatic carbocycles. The smallest absolute Gasteiger partial charge is 0.336 e. The standard InChI is InChI=1S/C20H26N2O3/c1-12(2)22-7-5-15(6-8-22)20(24)21-17-11-16-13(3)10-19(23)25-18(16)9-14(17)4/h9-12,15H,5-8H2,1-4H3,(H,21,24). The van der Waals surface area contributed by atoms with E-state index in [2.05, 4.69) is 24.1 Å². The molecule has 5 nitrogen and oxygen atoms in total. The van der Waals surface area contributed by atoms with Crippen molar-refractivity contribution in [3.63, 3.8) is 0 Å². The van der Waals surface area contributed by atoms with Crippen molar-refractivity contribution in [3.8, 4) is 0 Å². The van der Waals surface area contributed by atoms with Crippen molar-refractivity contribution in [1.82, 2.24) is 4.90 Å². The molecule has 0 bridgehead atoms. The van der Waals surface area contributed by atoms with Crippen LogP contribution in [-0.4, -0.2) is 29.9 Å². The Labute approximate surface area is 148 Å². The number of likely N-dealkylation sites (tertiary alicyclic amines) is 1. The number of amides is 1. The third-order valence-electron chi connectivity index (χ3n) is 5.18. The maximum atomic E-state index is 12.7. The second-order valence-corrected chi connectivity index (χ2v) is 7.30. The van der Waals surface area contributed by atoms with Gasteiger partial charge < -0.3 is 14.6 Å². The summed E-state index contributed by atoms with van der Waals surface area (Å²) in [5, 5.41) is 3.94. The van der Waals surface area contributed by atoms with Crippen LogP contribution in [0.5, 0.6) is 0 Å². The zero-order chi connectivity index (χ0) is 18.1. The molecular weight excluding hydrogens is 316 g/mol. The Balaban J connectivity index is 1.78. The van der Waals surface area contributed by atoms with Gasteiger partial charge in [0.1, 0.15) is 5.58 Å². The molecular formula is C20H26N2O3. The quantitative estimate of drug-likeness (QED) is 0.868. The summed E-state index contributed by atoms with van der Waals surface area (Å²) < 4.78 is 5.26. The van der Waals surface area contributed by atoms with Crippen LogP contribution in [0.3, 0.4) is 0 Å². The first-order valence-electron chi connectivity index (χ1n) is 8.95. The summed E-state index contributed by atoms with van der Waals surface area (Å²) in [6.45, 7) is 10.1. The number of anilines is 1. The second-order valence-electron chi connectivity index (χ2n) is 7.30. The Bertz CT molecular complexity index is 846. The van der Waals surface area contributed by atoms with Crippen molar-refractivity contribution in [3.05, 3.63) is 39.7 Å². The highest BCUT2D eigenvalue weighted by molar-refractivity contribution is 5.96. The van der Waals surface area contributed by atoms with Crippen LogP contribution >= 0.6 is 0 Å². The molecule has 0 radical (unpaired) electrons. The molecule has 1 N–H and O–H groups in total. The van der Waals surface area contributed by atoms with Crippen molar-refractivity contribution in [1.29, 1.82) is 0 Å². The normalized spacial score (nSPS) is 16.5. The van der Waals surface area contributed by atoms with Gasteiger partial charge in [-0.2, -0.15) is 0 Å². The van der Waals surface area contributed by atoms with Gasteiger partial charge in [0.25, 0.3) is 0 Å². The predicted molar refractivity (Wildman–Crippen MR) is 100 cm³/mol. The fourth-order valence-electron chi connectivity index (χ4n) is 3.51. The van der Waals surface area contributed by atoms with E-state index in [1.807, 2.05) is 26.0 Å². The fourth-order valence-corrected chi connectivity index (χ4v) is 3.51. The van der Waals surface area contributed by atoms with Gasteiger partial charge in [0.05, 0.1) is 0 Å². The summed E-state index contributed by atoms with van der Waals surface area (Å²) in [5.74, 6) is 0.140. The third-order valence-corrected chi connectivity index (χ3v) is 5.18. The van der Waals surface area contributed by atoms with Crippen LogP contribution in [0.15, 0.2) is 27.4 Å². The molecule has 3 rings (SSSR count). The molecule has 5 heteroatoms. The van der Waals surface area contributed by atoms with E-state index >= 15 is 0 Å². The van der Waals surface area contributed by atoms with E-state index < -0.39 is 0 Å². The lowest BCUT2D eigenvalue weighted by atomic mass is 9.95. The Kier molecular flexibility index (Phi) is 4.95. The molecule has 1 aromatic heterocycles. The number of hydrogen-bond acceptors (Lipinski definition) is 4. The summed E-state index contributed by atoms with van der Waals surface area (Å²) in [7, 11) is 0. The number of fused-ring (bicyclic) bond motifs is 1. The van der Waals surface area contributed by atoms with Crippen molar-refractivity contribution < 1.29 is 9.21 Å². The molecule has 1 aliphatic rings. The molecule has 0 saturated carbocycles. The second kappa shape index (κ2) is 7.00. The summed E-state index contributed by atoms with van der Waals surface area (Å²) in [4.78, 5) is 26.6. The SMILES string of the molecule is Cc1cc2oc(=O)cc(C)c2cc1NC(=O)C1CCN(C(C)C)CC1. The van der Waals surface area contributed by atoms with Gasteiger partial charge in [-0.05, 0) is 76.9 Å². The number of nitrogens with zero attached hydrogens (tertiary/aromatic N) is 1. The molecule has 0 atom stereocenters. The molecule has 25 heavy (non-hydrogen) atoms. The van der Waals surface area contributed by atoms with Crippen molar-refractivity contribution in [2.24, 2.45) is 5.92 Å². The first-order valence-corrected chi connectivity index (χ1v) is 8.95. The van der Waals surface area contributed by atoms with Crippen LogP contribution in [0.25, 0.3) is 11.0 Å². The molecule has 2 aromatic rings. The lowest BCUT2D eigenvalue weighted by Crippen LogP contribution is -2.41. The van der Waals surface area contributed by atoms with E-state index in [0.717, 1.165) is 48.1 Å². The largest absolute Gasteiger partial charge is 0.423 e. The Morgan fingerprint density at radius 1 is 1.16 bits per heavy atom. The number of nitrogens with one attached hydrogen (secondary N) is 1. The van der Waals surface area contributed by atoms with Crippen LogP contribution in [0.2, 0.25) is 0 Å². The number of aryl methyl sites for hydroxylation is 2. The molecule has 1 fully saturated rings.